The molecule has 1 saturated heterocycles. The summed E-state index contributed by atoms with van der Waals surface area (Å²) in [6, 6.07) is 7.84. The van der Waals surface area contributed by atoms with Crippen molar-refractivity contribution in [1.82, 2.24) is 24.9 Å². The molecule has 3 heterocycles. The molecule has 25 heavy (non-hydrogen) atoms. The van der Waals surface area contributed by atoms with Crippen LogP contribution in [0.4, 0.5) is 0 Å². The van der Waals surface area contributed by atoms with Gasteiger partial charge in [-0.05, 0) is 31.9 Å². The van der Waals surface area contributed by atoms with E-state index in [1.54, 1.807) is 11.3 Å². The number of thiazole rings is 1. The molecule has 3 aromatic rings. The van der Waals surface area contributed by atoms with Crippen LogP contribution in [-0.2, 0) is 11.3 Å². The highest BCUT2D eigenvalue weighted by Crippen LogP contribution is 2.30. The van der Waals surface area contributed by atoms with Crippen molar-refractivity contribution in [3.63, 3.8) is 0 Å². The van der Waals surface area contributed by atoms with E-state index in [0.29, 0.717) is 18.9 Å². The zero-order valence-electron chi connectivity index (χ0n) is 14.3. The summed E-state index contributed by atoms with van der Waals surface area (Å²) in [5.41, 5.74) is 1.84. The number of amides is 1. The third-order valence-electron chi connectivity index (χ3n) is 4.72. The van der Waals surface area contributed by atoms with Crippen molar-refractivity contribution in [3.05, 3.63) is 40.3 Å². The molecule has 0 spiro atoms. The minimum atomic E-state index is 0.192. The number of aryl methyl sites for hydroxylation is 2. The fourth-order valence-corrected chi connectivity index (χ4v) is 4.31. The molecular weight excluding hydrogens is 334 g/mol. The van der Waals surface area contributed by atoms with Crippen LogP contribution in [0, 0.1) is 6.92 Å². The molecular formula is C18H21N5OS. The van der Waals surface area contributed by atoms with Gasteiger partial charge in [0.25, 0.3) is 0 Å². The van der Waals surface area contributed by atoms with Gasteiger partial charge in [-0.2, -0.15) is 0 Å². The number of aromatic nitrogens is 4. The number of piperidine rings is 1. The molecule has 7 heteroatoms. The molecule has 0 aliphatic carbocycles. The Morgan fingerprint density at radius 2 is 2.24 bits per heavy atom. The highest BCUT2D eigenvalue weighted by Gasteiger charge is 2.26. The Morgan fingerprint density at radius 3 is 3.08 bits per heavy atom. The predicted molar refractivity (Wildman–Crippen MR) is 97.6 cm³/mol. The maximum Gasteiger partial charge on any atom is 0.224 e. The van der Waals surface area contributed by atoms with Crippen LogP contribution in [0.25, 0.3) is 11.0 Å². The maximum absolute atomic E-state index is 12.7. The van der Waals surface area contributed by atoms with Crippen LogP contribution in [0.5, 0.6) is 0 Å². The highest BCUT2D eigenvalue weighted by molar-refractivity contribution is 7.11. The molecule has 1 aliphatic heterocycles. The highest BCUT2D eigenvalue weighted by atomic mass is 32.1. The van der Waals surface area contributed by atoms with E-state index >= 15 is 0 Å². The SMILES string of the molecule is Cc1cnc(C2CCCN(C(=O)CCn3nnc4ccccc43)C2)s1. The van der Waals surface area contributed by atoms with Gasteiger partial charge in [-0.1, -0.05) is 17.3 Å². The van der Waals surface area contributed by atoms with Crippen molar-refractivity contribution in [3.8, 4) is 0 Å². The molecule has 1 fully saturated rings. The van der Waals surface area contributed by atoms with Crippen molar-refractivity contribution >= 4 is 28.3 Å². The zero-order valence-corrected chi connectivity index (χ0v) is 15.1. The molecule has 1 aliphatic rings. The summed E-state index contributed by atoms with van der Waals surface area (Å²) in [4.78, 5) is 20.4. The van der Waals surface area contributed by atoms with Crippen LogP contribution in [0.3, 0.4) is 0 Å². The summed E-state index contributed by atoms with van der Waals surface area (Å²) < 4.78 is 1.82. The quantitative estimate of drug-likeness (QED) is 0.722. The third-order valence-corrected chi connectivity index (χ3v) is 5.80. The number of nitrogens with zero attached hydrogens (tertiary/aromatic N) is 5. The number of hydrogen-bond donors (Lipinski definition) is 0. The first-order valence-electron chi connectivity index (χ1n) is 8.69. The summed E-state index contributed by atoms with van der Waals surface area (Å²) in [5, 5.41) is 9.47. The largest absolute Gasteiger partial charge is 0.342 e. The predicted octanol–water partition coefficient (Wildman–Crippen LogP) is 2.99. The molecule has 1 aromatic carbocycles. The number of hydrogen-bond acceptors (Lipinski definition) is 5. The van der Waals surface area contributed by atoms with Gasteiger partial charge in [0.1, 0.15) is 5.52 Å². The lowest BCUT2D eigenvalue weighted by Crippen LogP contribution is -2.39. The minimum Gasteiger partial charge on any atom is -0.342 e. The van der Waals surface area contributed by atoms with Crippen LogP contribution >= 0.6 is 11.3 Å². The van der Waals surface area contributed by atoms with E-state index in [1.807, 2.05) is 40.0 Å². The van der Waals surface area contributed by atoms with Gasteiger partial charge in [0, 0.05) is 36.5 Å². The Hall–Kier alpha value is -2.28. The van der Waals surface area contributed by atoms with E-state index in [-0.39, 0.29) is 5.91 Å². The van der Waals surface area contributed by atoms with Gasteiger partial charge in [0.15, 0.2) is 0 Å². The lowest BCUT2D eigenvalue weighted by molar-refractivity contribution is -0.132. The first-order valence-corrected chi connectivity index (χ1v) is 9.50. The number of likely N-dealkylation sites (tertiary alicyclic amines) is 1. The van der Waals surface area contributed by atoms with Crippen LogP contribution in [0.1, 0.15) is 35.1 Å². The van der Waals surface area contributed by atoms with E-state index in [2.05, 4.69) is 22.2 Å². The Bertz CT molecular complexity index is 886. The average molecular weight is 355 g/mol. The molecule has 6 nitrogen and oxygen atoms in total. The topological polar surface area (TPSA) is 63.9 Å². The first kappa shape index (κ1) is 16.2. The molecule has 2 aromatic heterocycles. The van der Waals surface area contributed by atoms with Crippen LogP contribution in [0.15, 0.2) is 30.5 Å². The maximum atomic E-state index is 12.7. The summed E-state index contributed by atoms with van der Waals surface area (Å²) in [6.45, 7) is 4.27. The standard InChI is InChI=1S/C18H21N5OS/c1-13-11-19-18(25-13)14-5-4-9-22(12-14)17(24)8-10-23-16-7-3-2-6-15(16)20-21-23/h2-3,6-7,11,14H,4-5,8-10,12H2,1H3. The summed E-state index contributed by atoms with van der Waals surface area (Å²) in [5.74, 6) is 0.571. The van der Waals surface area contributed by atoms with Crippen LogP contribution < -0.4 is 0 Å². The van der Waals surface area contributed by atoms with Crippen LogP contribution in [0.2, 0.25) is 0 Å². The van der Waals surface area contributed by atoms with E-state index in [1.165, 1.54) is 4.88 Å². The minimum absolute atomic E-state index is 0.192. The van der Waals surface area contributed by atoms with Crippen molar-refractivity contribution in [2.75, 3.05) is 13.1 Å². The van der Waals surface area contributed by atoms with Crippen molar-refractivity contribution in [2.45, 2.75) is 38.6 Å². The monoisotopic (exact) mass is 355 g/mol. The Labute approximate surface area is 150 Å². The van der Waals surface area contributed by atoms with Crippen molar-refractivity contribution in [2.24, 2.45) is 0 Å². The number of carbonyl (C=O) groups excluding carboxylic acids is 1. The lowest BCUT2D eigenvalue weighted by atomic mass is 9.98. The second kappa shape index (κ2) is 6.92. The second-order valence-corrected chi connectivity index (χ2v) is 7.81. The van der Waals surface area contributed by atoms with Gasteiger partial charge in [-0.15, -0.1) is 16.4 Å². The fourth-order valence-electron chi connectivity index (χ4n) is 3.41. The fraction of sp³-hybridized carbons (Fsp3) is 0.444. The number of para-hydroxylation sites is 1. The van der Waals surface area contributed by atoms with Crippen molar-refractivity contribution < 1.29 is 4.79 Å². The second-order valence-electron chi connectivity index (χ2n) is 6.54. The molecule has 1 amide bonds. The van der Waals surface area contributed by atoms with Crippen LogP contribution in [-0.4, -0.2) is 43.9 Å². The molecule has 0 bridgehead atoms. The summed E-state index contributed by atoms with van der Waals surface area (Å²) in [7, 11) is 0. The van der Waals surface area contributed by atoms with E-state index in [0.717, 1.165) is 42.0 Å². The molecule has 0 radical (unpaired) electrons. The Kier molecular flexibility index (Phi) is 4.48. The van der Waals surface area contributed by atoms with E-state index in [4.69, 9.17) is 0 Å². The Balaban J connectivity index is 1.39. The van der Waals surface area contributed by atoms with Gasteiger partial charge in [-0.3, -0.25) is 4.79 Å². The molecule has 0 N–H and O–H groups in total. The number of carbonyl (C=O) groups is 1. The molecule has 4 rings (SSSR count). The average Bonchev–Trinajstić information content (AvgIpc) is 3.26. The van der Waals surface area contributed by atoms with E-state index in [9.17, 15) is 4.79 Å². The smallest absolute Gasteiger partial charge is 0.224 e. The first-order chi connectivity index (χ1) is 12.2. The third kappa shape index (κ3) is 3.42. The van der Waals surface area contributed by atoms with Gasteiger partial charge in [0.05, 0.1) is 17.1 Å². The number of rotatable bonds is 4. The number of fused-ring (bicyclic) bond motifs is 1. The Morgan fingerprint density at radius 1 is 1.36 bits per heavy atom. The lowest BCUT2D eigenvalue weighted by Gasteiger charge is -2.32. The van der Waals surface area contributed by atoms with E-state index < -0.39 is 0 Å². The summed E-state index contributed by atoms with van der Waals surface area (Å²) >= 11 is 1.75. The van der Waals surface area contributed by atoms with Gasteiger partial charge in [-0.25, -0.2) is 9.67 Å². The van der Waals surface area contributed by atoms with Gasteiger partial charge < -0.3 is 4.90 Å². The van der Waals surface area contributed by atoms with Crippen molar-refractivity contribution in [1.29, 1.82) is 0 Å². The normalized spacial score (nSPS) is 18.0. The molecule has 1 atom stereocenters. The van der Waals surface area contributed by atoms with Gasteiger partial charge >= 0.3 is 0 Å². The zero-order chi connectivity index (χ0) is 17.2. The number of benzene rings is 1. The molecule has 130 valence electrons. The van der Waals surface area contributed by atoms with Gasteiger partial charge in [0.2, 0.25) is 5.91 Å². The molecule has 1 unspecified atom stereocenters. The molecule has 0 saturated carbocycles. The summed E-state index contributed by atoms with van der Waals surface area (Å²) in [6.07, 6.45) is 4.54.